The maximum absolute atomic E-state index is 11.9. The number of primary amides is 1. The molecule has 0 aliphatic carbocycles. The SMILES string of the molecule is CC(C(N)=O)C(=O)c1occ2ccccc12. The summed E-state index contributed by atoms with van der Waals surface area (Å²) in [5.74, 6) is -1.70. The Morgan fingerprint density at radius 1 is 1.31 bits per heavy atom. The number of carbonyl (C=O) groups is 2. The first-order valence-electron chi connectivity index (χ1n) is 4.91. The topological polar surface area (TPSA) is 73.3 Å². The van der Waals surface area contributed by atoms with Crippen LogP contribution in [0.25, 0.3) is 10.8 Å². The van der Waals surface area contributed by atoms with Gasteiger partial charge in [-0.05, 0) is 6.92 Å². The zero-order valence-electron chi connectivity index (χ0n) is 8.77. The summed E-state index contributed by atoms with van der Waals surface area (Å²) in [5.41, 5.74) is 5.09. The molecule has 0 aliphatic rings. The number of furan rings is 1. The van der Waals surface area contributed by atoms with Gasteiger partial charge in [0.05, 0.1) is 6.26 Å². The summed E-state index contributed by atoms with van der Waals surface area (Å²) in [5, 5.41) is 1.54. The van der Waals surface area contributed by atoms with Crippen molar-refractivity contribution in [1.82, 2.24) is 0 Å². The van der Waals surface area contributed by atoms with Gasteiger partial charge in [0.15, 0.2) is 5.76 Å². The minimum atomic E-state index is -0.866. The molecule has 0 aliphatic heterocycles. The van der Waals surface area contributed by atoms with Crippen molar-refractivity contribution in [2.75, 3.05) is 0 Å². The molecule has 0 radical (unpaired) electrons. The highest BCUT2D eigenvalue weighted by atomic mass is 16.3. The van der Waals surface area contributed by atoms with Gasteiger partial charge in [0.1, 0.15) is 5.92 Å². The highest BCUT2D eigenvalue weighted by molar-refractivity contribution is 6.13. The molecule has 1 amide bonds. The summed E-state index contributed by atoms with van der Waals surface area (Å²) >= 11 is 0. The number of benzene rings is 1. The van der Waals surface area contributed by atoms with Gasteiger partial charge in [0, 0.05) is 10.8 Å². The number of amides is 1. The molecule has 82 valence electrons. The van der Waals surface area contributed by atoms with Crippen LogP contribution in [0.2, 0.25) is 0 Å². The summed E-state index contributed by atoms with van der Waals surface area (Å²) in [6.45, 7) is 1.47. The van der Waals surface area contributed by atoms with E-state index < -0.39 is 11.8 Å². The first kappa shape index (κ1) is 10.4. The van der Waals surface area contributed by atoms with Crippen LogP contribution < -0.4 is 5.73 Å². The van der Waals surface area contributed by atoms with E-state index in [4.69, 9.17) is 10.2 Å². The molecule has 0 saturated heterocycles. The fourth-order valence-corrected chi connectivity index (χ4v) is 1.51. The maximum Gasteiger partial charge on any atom is 0.228 e. The number of hydrogen-bond donors (Lipinski definition) is 1. The zero-order chi connectivity index (χ0) is 11.7. The van der Waals surface area contributed by atoms with Crippen molar-refractivity contribution in [3.63, 3.8) is 0 Å². The van der Waals surface area contributed by atoms with Crippen LogP contribution in [0.15, 0.2) is 34.9 Å². The summed E-state index contributed by atoms with van der Waals surface area (Å²) in [4.78, 5) is 22.8. The average molecular weight is 217 g/mol. The molecule has 1 aromatic carbocycles. The summed E-state index contributed by atoms with van der Waals surface area (Å²) in [7, 11) is 0. The summed E-state index contributed by atoms with van der Waals surface area (Å²) < 4.78 is 5.19. The maximum atomic E-state index is 11.9. The van der Waals surface area contributed by atoms with Gasteiger partial charge in [0.25, 0.3) is 0 Å². The molecule has 1 unspecified atom stereocenters. The van der Waals surface area contributed by atoms with Crippen LogP contribution in [-0.2, 0) is 4.79 Å². The molecule has 0 saturated carbocycles. The molecule has 2 N–H and O–H groups in total. The Morgan fingerprint density at radius 3 is 2.69 bits per heavy atom. The zero-order valence-corrected chi connectivity index (χ0v) is 8.77. The monoisotopic (exact) mass is 217 g/mol. The first-order chi connectivity index (χ1) is 7.61. The van der Waals surface area contributed by atoms with Crippen LogP contribution in [0, 0.1) is 5.92 Å². The van der Waals surface area contributed by atoms with Crippen molar-refractivity contribution < 1.29 is 14.0 Å². The molecule has 4 heteroatoms. The van der Waals surface area contributed by atoms with Gasteiger partial charge in [-0.2, -0.15) is 0 Å². The van der Waals surface area contributed by atoms with E-state index >= 15 is 0 Å². The molecular weight excluding hydrogens is 206 g/mol. The molecular formula is C12H11NO3. The molecule has 1 atom stereocenters. The number of nitrogens with two attached hydrogens (primary N) is 1. The van der Waals surface area contributed by atoms with Crippen molar-refractivity contribution in [3.8, 4) is 0 Å². The van der Waals surface area contributed by atoms with Crippen LogP contribution in [0.4, 0.5) is 0 Å². The highest BCUT2D eigenvalue weighted by Gasteiger charge is 2.24. The lowest BCUT2D eigenvalue weighted by Gasteiger charge is -2.03. The molecule has 0 spiro atoms. The van der Waals surface area contributed by atoms with Gasteiger partial charge >= 0.3 is 0 Å². The van der Waals surface area contributed by atoms with Crippen LogP contribution in [-0.4, -0.2) is 11.7 Å². The molecule has 0 bridgehead atoms. The Morgan fingerprint density at radius 2 is 2.00 bits per heavy atom. The van der Waals surface area contributed by atoms with E-state index in [0.29, 0.717) is 5.39 Å². The van der Waals surface area contributed by atoms with Crippen molar-refractivity contribution in [3.05, 3.63) is 36.3 Å². The lowest BCUT2D eigenvalue weighted by atomic mass is 10.0. The largest absolute Gasteiger partial charge is 0.460 e. The van der Waals surface area contributed by atoms with E-state index in [1.165, 1.54) is 13.2 Å². The van der Waals surface area contributed by atoms with E-state index in [0.717, 1.165) is 5.39 Å². The third-order valence-electron chi connectivity index (χ3n) is 2.55. The third-order valence-corrected chi connectivity index (χ3v) is 2.55. The Labute approximate surface area is 92.0 Å². The molecule has 1 aromatic heterocycles. The molecule has 2 aromatic rings. The normalized spacial score (nSPS) is 12.6. The van der Waals surface area contributed by atoms with Crippen LogP contribution in [0.3, 0.4) is 0 Å². The predicted molar refractivity (Wildman–Crippen MR) is 58.9 cm³/mol. The Balaban J connectivity index is 2.48. The van der Waals surface area contributed by atoms with Crippen LogP contribution >= 0.6 is 0 Å². The standard InChI is InChI=1S/C12H11NO3/c1-7(12(13)15)10(14)11-9-5-3-2-4-8(9)6-16-11/h2-7H,1H3,(H2,13,15). The predicted octanol–water partition coefficient (Wildman–Crippen LogP) is 1.74. The van der Waals surface area contributed by atoms with Gasteiger partial charge in [0.2, 0.25) is 11.7 Å². The van der Waals surface area contributed by atoms with Gasteiger partial charge in [-0.3, -0.25) is 9.59 Å². The molecule has 1 heterocycles. The minimum absolute atomic E-state index is 0.196. The van der Waals surface area contributed by atoms with Crippen molar-refractivity contribution in [2.24, 2.45) is 11.7 Å². The van der Waals surface area contributed by atoms with Gasteiger partial charge in [-0.15, -0.1) is 0 Å². The number of ketones is 1. The van der Waals surface area contributed by atoms with E-state index in [9.17, 15) is 9.59 Å². The second kappa shape index (κ2) is 3.81. The lowest BCUT2D eigenvalue weighted by Crippen LogP contribution is -2.27. The second-order valence-electron chi connectivity index (χ2n) is 3.64. The lowest BCUT2D eigenvalue weighted by molar-refractivity contribution is -0.120. The number of carbonyl (C=O) groups excluding carboxylic acids is 2. The average Bonchev–Trinajstić information content (AvgIpc) is 2.70. The minimum Gasteiger partial charge on any atom is -0.460 e. The molecule has 16 heavy (non-hydrogen) atoms. The van der Waals surface area contributed by atoms with Gasteiger partial charge < -0.3 is 10.2 Å². The quantitative estimate of drug-likeness (QED) is 0.628. The molecule has 4 nitrogen and oxygen atoms in total. The fourth-order valence-electron chi connectivity index (χ4n) is 1.51. The Kier molecular flexibility index (Phi) is 2.48. The first-order valence-corrected chi connectivity index (χ1v) is 4.91. The Bertz CT molecular complexity index is 556. The fraction of sp³-hybridized carbons (Fsp3) is 0.167. The van der Waals surface area contributed by atoms with E-state index in [1.54, 1.807) is 6.07 Å². The number of Topliss-reactive ketones (excluding diaryl/α,β-unsaturated/α-hetero) is 1. The third kappa shape index (κ3) is 1.58. The van der Waals surface area contributed by atoms with Crippen molar-refractivity contribution in [1.29, 1.82) is 0 Å². The summed E-state index contributed by atoms with van der Waals surface area (Å²) in [6.07, 6.45) is 1.50. The Hall–Kier alpha value is -2.10. The van der Waals surface area contributed by atoms with Gasteiger partial charge in [-0.1, -0.05) is 24.3 Å². The van der Waals surface area contributed by atoms with Gasteiger partial charge in [-0.25, -0.2) is 0 Å². The summed E-state index contributed by atoms with van der Waals surface area (Å²) in [6, 6.07) is 7.28. The number of hydrogen-bond acceptors (Lipinski definition) is 3. The van der Waals surface area contributed by atoms with E-state index in [-0.39, 0.29) is 11.5 Å². The molecule has 0 fully saturated rings. The van der Waals surface area contributed by atoms with E-state index in [2.05, 4.69) is 0 Å². The van der Waals surface area contributed by atoms with Crippen LogP contribution in [0.1, 0.15) is 17.5 Å². The smallest absolute Gasteiger partial charge is 0.228 e. The van der Waals surface area contributed by atoms with Crippen molar-refractivity contribution >= 4 is 22.5 Å². The molecule has 2 rings (SSSR count). The van der Waals surface area contributed by atoms with Crippen LogP contribution in [0.5, 0.6) is 0 Å². The van der Waals surface area contributed by atoms with Crippen molar-refractivity contribution in [2.45, 2.75) is 6.92 Å². The number of fused-ring (bicyclic) bond motifs is 1. The highest BCUT2D eigenvalue weighted by Crippen LogP contribution is 2.23. The second-order valence-corrected chi connectivity index (χ2v) is 3.64. The van der Waals surface area contributed by atoms with E-state index in [1.807, 2.05) is 18.2 Å². The number of rotatable bonds is 3.